The van der Waals surface area contributed by atoms with Gasteiger partial charge in [-0.1, -0.05) is 12.1 Å². The third-order valence-electron chi connectivity index (χ3n) is 3.49. The van der Waals surface area contributed by atoms with Crippen LogP contribution in [0.2, 0.25) is 0 Å². The number of nitrogens with one attached hydrogen (secondary N) is 2. The molecule has 1 amide bonds. The summed E-state index contributed by atoms with van der Waals surface area (Å²) in [4.78, 5) is 11.9. The molecule has 0 atom stereocenters. The number of amides is 1. The molecule has 1 aliphatic rings. The molecule has 4 nitrogen and oxygen atoms in total. The Kier molecular flexibility index (Phi) is 3.77. The van der Waals surface area contributed by atoms with Crippen LogP contribution in [0.25, 0.3) is 0 Å². The van der Waals surface area contributed by atoms with Crippen molar-refractivity contribution in [2.45, 2.75) is 25.4 Å². The standard InChI is InChI=1S/C17H18N2O2/c20-16-9-1-12(2-10-16)11-18-14-5-3-13(4-6-14)17(21)19-15-7-8-15/h1-6,9-10,15,18,20H,7-8,11H2,(H,19,21). The summed E-state index contributed by atoms with van der Waals surface area (Å²) in [5.41, 5.74) is 2.74. The fourth-order valence-electron chi connectivity index (χ4n) is 2.05. The Morgan fingerprint density at radius 2 is 1.71 bits per heavy atom. The molecule has 0 bridgehead atoms. The van der Waals surface area contributed by atoms with Gasteiger partial charge in [0.2, 0.25) is 0 Å². The summed E-state index contributed by atoms with van der Waals surface area (Å²) < 4.78 is 0. The average Bonchev–Trinajstić information content (AvgIpc) is 3.31. The number of aromatic hydroxyl groups is 1. The second kappa shape index (κ2) is 5.87. The van der Waals surface area contributed by atoms with E-state index in [1.165, 1.54) is 0 Å². The van der Waals surface area contributed by atoms with E-state index in [1.54, 1.807) is 12.1 Å². The predicted molar refractivity (Wildman–Crippen MR) is 82.4 cm³/mol. The Morgan fingerprint density at radius 3 is 2.33 bits per heavy atom. The first kappa shape index (κ1) is 13.5. The largest absolute Gasteiger partial charge is 0.508 e. The van der Waals surface area contributed by atoms with Crippen LogP contribution in [0.1, 0.15) is 28.8 Å². The molecule has 0 heterocycles. The van der Waals surface area contributed by atoms with Crippen molar-refractivity contribution >= 4 is 11.6 Å². The Balaban J connectivity index is 1.56. The molecule has 0 aromatic heterocycles. The highest BCUT2D eigenvalue weighted by atomic mass is 16.3. The minimum absolute atomic E-state index is 0.00239. The summed E-state index contributed by atoms with van der Waals surface area (Å²) in [6, 6.07) is 14.9. The normalized spacial score (nSPS) is 13.7. The van der Waals surface area contributed by atoms with Crippen LogP contribution in [0.15, 0.2) is 48.5 Å². The van der Waals surface area contributed by atoms with Crippen LogP contribution >= 0.6 is 0 Å². The lowest BCUT2D eigenvalue weighted by Gasteiger charge is -2.08. The number of rotatable bonds is 5. The van der Waals surface area contributed by atoms with E-state index in [0.29, 0.717) is 18.2 Å². The minimum Gasteiger partial charge on any atom is -0.508 e. The van der Waals surface area contributed by atoms with Crippen LogP contribution in [0.5, 0.6) is 5.75 Å². The van der Waals surface area contributed by atoms with Crippen molar-refractivity contribution < 1.29 is 9.90 Å². The lowest BCUT2D eigenvalue weighted by Crippen LogP contribution is -2.25. The molecular formula is C17H18N2O2. The molecule has 21 heavy (non-hydrogen) atoms. The maximum atomic E-state index is 11.9. The number of carbonyl (C=O) groups is 1. The molecule has 0 spiro atoms. The highest BCUT2D eigenvalue weighted by Crippen LogP contribution is 2.20. The number of hydrogen-bond acceptors (Lipinski definition) is 3. The molecule has 1 aliphatic carbocycles. The van der Waals surface area contributed by atoms with Crippen molar-refractivity contribution in [3.63, 3.8) is 0 Å². The quantitative estimate of drug-likeness (QED) is 0.790. The van der Waals surface area contributed by atoms with Crippen molar-refractivity contribution in [2.24, 2.45) is 0 Å². The van der Waals surface area contributed by atoms with Crippen molar-refractivity contribution in [3.05, 3.63) is 59.7 Å². The third-order valence-corrected chi connectivity index (χ3v) is 3.49. The zero-order chi connectivity index (χ0) is 14.7. The number of phenolic OH excluding ortho intramolecular Hbond substituents is 1. The van der Waals surface area contributed by atoms with E-state index in [9.17, 15) is 9.90 Å². The van der Waals surface area contributed by atoms with Gasteiger partial charge in [0.1, 0.15) is 5.75 Å². The summed E-state index contributed by atoms with van der Waals surface area (Å²) in [5, 5.41) is 15.5. The van der Waals surface area contributed by atoms with Crippen LogP contribution in [-0.4, -0.2) is 17.1 Å². The van der Waals surface area contributed by atoms with Crippen molar-refractivity contribution in [1.82, 2.24) is 5.32 Å². The van der Waals surface area contributed by atoms with Crippen molar-refractivity contribution in [3.8, 4) is 5.75 Å². The summed E-state index contributed by atoms with van der Waals surface area (Å²) in [7, 11) is 0. The highest BCUT2D eigenvalue weighted by molar-refractivity contribution is 5.94. The van der Waals surface area contributed by atoms with Crippen molar-refractivity contribution in [1.29, 1.82) is 0 Å². The zero-order valence-corrected chi connectivity index (χ0v) is 11.7. The van der Waals surface area contributed by atoms with Gasteiger partial charge in [-0.3, -0.25) is 4.79 Å². The molecular weight excluding hydrogens is 264 g/mol. The number of phenols is 1. The Morgan fingerprint density at radius 1 is 1.05 bits per heavy atom. The van der Waals surface area contributed by atoms with Gasteiger partial charge in [0.25, 0.3) is 5.91 Å². The van der Waals surface area contributed by atoms with Gasteiger partial charge in [-0.2, -0.15) is 0 Å². The third kappa shape index (κ3) is 3.75. The van der Waals surface area contributed by atoms with Gasteiger partial charge in [0.05, 0.1) is 0 Å². The van der Waals surface area contributed by atoms with E-state index >= 15 is 0 Å². The minimum atomic E-state index is 0.00239. The molecule has 1 fully saturated rings. The van der Waals surface area contributed by atoms with E-state index < -0.39 is 0 Å². The van der Waals surface area contributed by atoms with Gasteiger partial charge in [-0.05, 0) is 54.8 Å². The SMILES string of the molecule is O=C(NC1CC1)c1ccc(NCc2ccc(O)cc2)cc1. The Bertz CT molecular complexity index is 616. The van der Waals surface area contributed by atoms with Crippen LogP contribution in [-0.2, 0) is 6.54 Å². The van der Waals surface area contributed by atoms with Gasteiger partial charge in [-0.25, -0.2) is 0 Å². The van der Waals surface area contributed by atoms with Gasteiger partial charge < -0.3 is 15.7 Å². The number of hydrogen-bond donors (Lipinski definition) is 3. The molecule has 2 aromatic rings. The van der Waals surface area contributed by atoms with Gasteiger partial charge in [0, 0.05) is 23.8 Å². The van der Waals surface area contributed by atoms with Gasteiger partial charge in [0.15, 0.2) is 0 Å². The molecule has 3 N–H and O–H groups in total. The molecule has 0 radical (unpaired) electrons. The summed E-state index contributed by atoms with van der Waals surface area (Å²) in [6.45, 7) is 0.675. The second-order valence-corrected chi connectivity index (χ2v) is 5.35. The number of carbonyl (C=O) groups excluding carboxylic acids is 1. The van der Waals surface area contributed by atoms with Crippen LogP contribution in [0, 0.1) is 0 Å². The lowest BCUT2D eigenvalue weighted by atomic mass is 10.1. The summed E-state index contributed by atoms with van der Waals surface area (Å²) in [5.74, 6) is 0.271. The second-order valence-electron chi connectivity index (χ2n) is 5.35. The molecule has 2 aromatic carbocycles. The Labute approximate surface area is 123 Å². The smallest absolute Gasteiger partial charge is 0.251 e. The van der Waals surface area contributed by atoms with Crippen LogP contribution in [0.3, 0.4) is 0 Å². The highest BCUT2D eigenvalue weighted by Gasteiger charge is 2.23. The number of benzene rings is 2. The maximum absolute atomic E-state index is 11.9. The maximum Gasteiger partial charge on any atom is 0.251 e. The molecule has 4 heteroatoms. The first-order chi connectivity index (χ1) is 10.2. The Hall–Kier alpha value is -2.49. The molecule has 0 saturated heterocycles. The zero-order valence-electron chi connectivity index (χ0n) is 11.7. The van der Waals surface area contributed by atoms with E-state index in [0.717, 1.165) is 24.1 Å². The lowest BCUT2D eigenvalue weighted by molar-refractivity contribution is 0.0951. The topological polar surface area (TPSA) is 61.4 Å². The average molecular weight is 282 g/mol. The fourth-order valence-corrected chi connectivity index (χ4v) is 2.05. The molecule has 0 aliphatic heterocycles. The van der Waals surface area contributed by atoms with Crippen LogP contribution in [0.4, 0.5) is 5.69 Å². The summed E-state index contributed by atoms with van der Waals surface area (Å²) in [6.07, 6.45) is 2.19. The molecule has 0 unspecified atom stereocenters. The van der Waals surface area contributed by atoms with E-state index in [1.807, 2.05) is 36.4 Å². The summed E-state index contributed by atoms with van der Waals surface area (Å²) >= 11 is 0. The first-order valence-corrected chi connectivity index (χ1v) is 7.13. The molecule has 3 rings (SSSR count). The monoisotopic (exact) mass is 282 g/mol. The number of anilines is 1. The van der Waals surface area contributed by atoms with Crippen molar-refractivity contribution in [2.75, 3.05) is 5.32 Å². The predicted octanol–water partition coefficient (Wildman–Crippen LogP) is 2.90. The van der Waals surface area contributed by atoms with E-state index in [2.05, 4.69) is 10.6 Å². The first-order valence-electron chi connectivity index (χ1n) is 7.13. The molecule has 108 valence electrons. The van der Waals surface area contributed by atoms with Gasteiger partial charge in [-0.15, -0.1) is 0 Å². The van der Waals surface area contributed by atoms with E-state index in [-0.39, 0.29) is 11.7 Å². The van der Waals surface area contributed by atoms with E-state index in [4.69, 9.17) is 0 Å². The molecule has 1 saturated carbocycles. The van der Waals surface area contributed by atoms with Gasteiger partial charge >= 0.3 is 0 Å². The fraction of sp³-hybridized carbons (Fsp3) is 0.235. The van der Waals surface area contributed by atoms with Crippen LogP contribution < -0.4 is 10.6 Å².